The van der Waals surface area contributed by atoms with Crippen LogP contribution in [0.3, 0.4) is 0 Å². The highest BCUT2D eigenvalue weighted by Gasteiger charge is 2.20. The Bertz CT molecular complexity index is 400. The molecule has 2 rings (SSSR count). The van der Waals surface area contributed by atoms with Crippen molar-refractivity contribution in [3.8, 4) is 0 Å². The number of piperidine rings is 1. The second-order valence-corrected chi connectivity index (χ2v) is 4.52. The van der Waals surface area contributed by atoms with Crippen LogP contribution in [0.2, 0.25) is 0 Å². The number of urea groups is 1. The molecule has 1 atom stereocenters. The van der Waals surface area contributed by atoms with Gasteiger partial charge < -0.3 is 15.0 Å². The molecule has 0 aliphatic carbocycles. The Hall–Kier alpha value is -1.84. The number of hydrogen-bond donors (Lipinski definition) is 1. The highest BCUT2D eigenvalue weighted by Crippen LogP contribution is 2.13. The van der Waals surface area contributed by atoms with E-state index in [9.17, 15) is 9.59 Å². The third-order valence-electron chi connectivity index (χ3n) is 3.22. The molecule has 1 aromatic rings. The van der Waals surface area contributed by atoms with Crippen molar-refractivity contribution < 1.29 is 9.59 Å². The summed E-state index contributed by atoms with van der Waals surface area (Å²) in [7, 11) is 0. The van der Waals surface area contributed by atoms with Crippen LogP contribution in [-0.2, 0) is 4.79 Å². The monoisotopic (exact) mass is 246 g/mol. The maximum atomic E-state index is 12.0. The third-order valence-corrected chi connectivity index (χ3v) is 3.22. The molecule has 0 radical (unpaired) electrons. The van der Waals surface area contributed by atoms with Crippen LogP contribution in [0.25, 0.3) is 0 Å². The lowest BCUT2D eigenvalue weighted by molar-refractivity contribution is -0.109. The summed E-state index contributed by atoms with van der Waals surface area (Å²) in [5.74, 6) is 0. The topological polar surface area (TPSA) is 49.4 Å². The summed E-state index contributed by atoms with van der Waals surface area (Å²) in [6, 6.07) is 8.59. The molecule has 1 heterocycles. The standard InChI is InChI=1S/C14H18N2O2/c17-11-13(12-7-3-1-4-8-12)15-14(18)16-9-5-2-6-10-16/h1,3-4,7-8,11,13H,2,5-6,9-10H2,(H,15,18)/t13-/m0/s1. The summed E-state index contributed by atoms with van der Waals surface area (Å²) in [5.41, 5.74) is 0.817. The van der Waals surface area contributed by atoms with E-state index in [2.05, 4.69) is 5.32 Å². The van der Waals surface area contributed by atoms with Crippen LogP contribution < -0.4 is 5.32 Å². The van der Waals surface area contributed by atoms with Gasteiger partial charge >= 0.3 is 6.03 Å². The van der Waals surface area contributed by atoms with Crippen molar-refractivity contribution in [2.24, 2.45) is 0 Å². The molecule has 1 aliphatic rings. The van der Waals surface area contributed by atoms with Gasteiger partial charge in [0.1, 0.15) is 12.3 Å². The second-order valence-electron chi connectivity index (χ2n) is 4.52. The van der Waals surface area contributed by atoms with Crippen LogP contribution in [0.1, 0.15) is 30.9 Å². The molecule has 1 aromatic carbocycles. The third kappa shape index (κ3) is 3.09. The summed E-state index contributed by atoms with van der Waals surface area (Å²) >= 11 is 0. The minimum Gasteiger partial charge on any atom is -0.325 e. The summed E-state index contributed by atoms with van der Waals surface area (Å²) < 4.78 is 0. The van der Waals surface area contributed by atoms with Crippen LogP contribution >= 0.6 is 0 Å². The van der Waals surface area contributed by atoms with E-state index in [-0.39, 0.29) is 6.03 Å². The quantitative estimate of drug-likeness (QED) is 0.830. The molecule has 96 valence electrons. The number of rotatable bonds is 3. The zero-order valence-electron chi connectivity index (χ0n) is 10.3. The SMILES string of the molecule is O=C[C@H](NC(=O)N1CCCCC1)c1ccccc1. The Balaban J connectivity index is 1.98. The molecule has 4 heteroatoms. The molecule has 0 aromatic heterocycles. The van der Waals surface area contributed by atoms with Gasteiger partial charge in [-0.2, -0.15) is 0 Å². The Morgan fingerprint density at radius 2 is 1.83 bits per heavy atom. The van der Waals surface area contributed by atoms with E-state index in [1.54, 1.807) is 4.90 Å². The van der Waals surface area contributed by atoms with Gasteiger partial charge in [0.15, 0.2) is 0 Å². The van der Waals surface area contributed by atoms with E-state index in [4.69, 9.17) is 0 Å². The van der Waals surface area contributed by atoms with Crippen molar-refractivity contribution >= 4 is 12.3 Å². The molecule has 0 unspecified atom stereocenters. The summed E-state index contributed by atoms with van der Waals surface area (Å²) in [4.78, 5) is 24.9. The Kier molecular flexibility index (Phi) is 4.34. The van der Waals surface area contributed by atoms with E-state index in [0.29, 0.717) is 0 Å². The molecular formula is C14H18N2O2. The van der Waals surface area contributed by atoms with Crippen LogP contribution in [0.4, 0.5) is 4.79 Å². The van der Waals surface area contributed by atoms with Crippen molar-refractivity contribution in [2.75, 3.05) is 13.1 Å². The summed E-state index contributed by atoms with van der Waals surface area (Å²) in [6.45, 7) is 1.57. The number of carbonyl (C=O) groups excluding carboxylic acids is 2. The summed E-state index contributed by atoms with van der Waals surface area (Å²) in [6.07, 6.45) is 4.05. The van der Waals surface area contributed by atoms with E-state index < -0.39 is 6.04 Å². The molecular weight excluding hydrogens is 228 g/mol. The van der Waals surface area contributed by atoms with Crippen LogP contribution in [-0.4, -0.2) is 30.3 Å². The maximum Gasteiger partial charge on any atom is 0.318 e. The lowest BCUT2D eigenvalue weighted by atomic mass is 10.1. The Labute approximate surface area is 107 Å². The smallest absolute Gasteiger partial charge is 0.318 e. The molecule has 4 nitrogen and oxygen atoms in total. The molecule has 1 fully saturated rings. The van der Waals surface area contributed by atoms with Gasteiger partial charge in [0.25, 0.3) is 0 Å². The fourth-order valence-electron chi connectivity index (χ4n) is 2.18. The molecule has 1 N–H and O–H groups in total. The minimum atomic E-state index is -0.555. The molecule has 18 heavy (non-hydrogen) atoms. The number of amides is 2. The van der Waals surface area contributed by atoms with Crippen molar-refractivity contribution in [3.05, 3.63) is 35.9 Å². The van der Waals surface area contributed by atoms with E-state index in [1.807, 2.05) is 30.3 Å². The van der Waals surface area contributed by atoms with Gasteiger partial charge in [0.05, 0.1) is 0 Å². The molecule has 0 bridgehead atoms. The normalized spacial score (nSPS) is 17.0. The fourth-order valence-corrected chi connectivity index (χ4v) is 2.18. The van der Waals surface area contributed by atoms with Crippen LogP contribution in [0.5, 0.6) is 0 Å². The maximum absolute atomic E-state index is 12.0. The number of hydrogen-bond acceptors (Lipinski definition) is 2. The van der Waals surface area contributed by atoms with Gasteiger partial charge in [0, 0.05) is 13.1 Å². The van der Waals surface area contributed by atoms with Gasteiger partial charge in [-0.1, -0.05) is 30.3 Å². The van der Waals surface area contributed by atoms with Gasteiger partial charge in [-0.3, -0.25) is 0 Å². The first kappa shape index (κ1) is 12.6. The van der Waals surface area contributed by atoms with Crippen molar-refractivity contribution in [2.45, 2.75) is 25.3 Å². The van der Waals surface area contributed by atoms with Crippen LogP contribution in [0.15, 0.2) is 30.3 Å². The van der Waals surface area contributed by atoms with Gasteiger partial charge in [-0.05, 0) is 24.8 Å². The minimum absolute atomic E-state index is 0.143. The lowest BCUT2D eigenvalue weighted by Crippen LogP contribution is -2.44. The first-order valence-electron chi connectivity index (χ1n) is 6.37. The lowest BCUT2D eigenvalue weighted by Gasteiger charge is -2.28. The number of nitrogens with zero attached hydrogens (tertiary/aromatic N) is 1. The van der Waals surface area contributed by atoms with E-state index >= 15 is 0 Å². The number of carbonyl (C=O) groups is 2. The largest absolute Gasteiger partial charge is 0.325 e. The average Bonchev–Trinajstić information content (AvgIpc) is 2.46. The van der Waals surface area contributed by atoms with Gasteiger partial charge in [-0.15, -0.1) is 0 Å². The van der Waals surface area contributed by atoms with E-state index in [0.717, 1.165) is 37.8 Å². The predicted octanol–water partition coefficient (Wildman–Crippen LogP) is 2.12. The molecule has 1 aliphatic heterocycles. The Morgan fingerprint density at radius 1 is 1.17 bits per heavy atom. The number of likely N-dealkylation sites (tertiary alicyclic amines) is 1. The molecule has 1 saturated heterocycles. The highest BCUT2D eigenvalue weighted by atomic mass is 16.2. The van der Waals surface area contributed by atoms with Gasteiger partial charge in [-0.25, -0.2) is 4.79 Å². The second kappa shape index (κ2) is 6.19. The van der Waals surface area contributed by atoms with Crippen molar-refractivity contribution in [1.29, 1.82) is 0 Å². The predicted molar refractivity (Wildman–Crippen MR) is 69.2 cm³/mol. The first-order valence-corrected chi connectivity index (χ1v) is 6.37. The zero-order chi connectivity index (χ0) is 12.8. The van der Waals surface area contributed by atoms with Crippen LogP contribution in [0, 0.1) is 0 Å². The fraction of sp³-hybridized carbons (Fsp3) is 0.429. The Morgan fingerprint density at radius 3 is 2.44 bits per heavy atom. The number of aldehydes is 1. The molecule has 0 saturated carbocycles. The number of benzene rings is 1. The van der Waals surface area contributed by atoms with Crippen molar-refractivity contribution in [3.63, 3.8) is 0 Å². The summed E-state index contributed by atoms with van der Waals surface area (Å²) in [5, 5.41) is 2.77. The zero-order valence-corrected chi connectivity index (χ0v) is 10.3. The van der Waals surface area contributed by atoms with Gasteiger partial charge in [0.2, 0.25) is 0 Å². The average molecular weight is 246 g/mol. The molecule has 0 spiro atoms. The van der Waals surface area contributed by atoms with E-state index in [1.165, 1.54) is 6.42 Å². The first-order chi connectivity index (χ1) is 8.81. The molecule has 2 amide bonds. The van der Waals surface area contributed by atoms with Crippen molar-refractivity contribution in [1.82, 2.24) is 10.2 Å². The number of nitrogens with one attached hydrogen (secondary N) is 1. The highest BCUT2D eigenvalue weighted by molar-refractivity contribution is 5.79.